The molecule has 3 nitrogen and oxygen atoms in total. The van der Waals surface area contributed by atoms with Crippen LogP contribution in [0.2, 0.25) is 0 Å². The van der Waals surface area contributed by atoms with E-state index in [9.17, 15) is 5.26 Å². The molecule has 0 N–H and O–H groups in total. The van der Waals surface area contributed by atoms with Gasteiger partial charge in [0.15, 0.2) is 0 Å². The van der Waals surface area contributed by atoms with Crippen molar-refractivity contribution in [2.24, 2.45) is 7.05 Å². The average Bonchev–Trinajstić information content (AvgIpc) is 2.99. The topological polar surface area (TPSA) is 41.6 Å². The summed E-state index contributed by atoms with van der Waals surface area (Å²) in [5, 5.41) is 9.42. The largest absolute Gasteiger partial charge is 0.337 e. The zero-order valence-corrected chi connectivity index (χ0v) is 10.4. The fourth-order valence-corrected chi connectivity index (χ4v) is 2.71. The van der Waals surface area contributed by atoms with Crippen LogP contribution in [0.4, 0.5) is 0 Å². The van der Waals surface area contributed by atoms with Crippen molar-refractivity contribution >= 4 is 0 Å². The first-order chi connectivity index (χ1) is 8.79. The zero-order chi connectivity index (χ0) is 12.5. The molecule has 0 saturated heterocycles. The Kier molecular flexibility index (Phi) is 2.64. The Labute approximate surface area is 107 Å². The van der Waals surface area contributed by atoms with Crippen LogP contribution in [0.15, 0.2) is 30.6 Å². The minimum atomic E-state index is -0.268. The molecular formula is C15H15N3. The van der Waals surface area contributed by atoms with Crippen LogP contribution < -0.4 is 0 Å². The Bertz CT molecular complexity index is 619. The van der Waals surface area contributed by atoms with Crippen molar-refractivity contribution in [1.29, 1.82) is 5.26 Å². The number of aromatic nitrogens is 2. The van der Waals surface area contributed by atoms with E-state index in [1.165, 1.54) is 24.0 Å². The molecule has 1 aliphatic carbocycles. The SMILES string of the molecule is Cn1ccnc1C(C#N)c1ccc2c(c1)CCC2. The van der Waals surface area contributed by atoms with Gasteiger partial charge in [-0.25, -0.2) is 4.98 Å². The predicted octanol–water partition coefficient (Wildman–Crippen LogP) is 2.56. The molecule has 0 fully saturated rings. The summed E-state index contributed by atoms with van der Waals surface area (Å²) < 4.78 is 1.92. The Morgan fingerprint density at radius 3 is 2.89 bits per heavy atom. The lowest BCUT2D eigenvalue weighted by molar-refractivity contribution is 0.782. The lowest BCUT2D eigenvalue weighted by Gasteiger charge is -2.11. The van der Waals surface area contributed by atoms with Gasteiger partial charge in [0.05, 0.1) is 6.07 Å². The highest BCUT2D eigenvalue weighted by molar-refractivity contribution is 5.41. The first-order valence-corrected chi connectivity index (χ1v) is 6.28. The fourth-order valence-electron chi connectivity index (χ4n) is 2.71. The second-order valence-electron chi connectivity index (χ2n) is 4.84. The number of rotatable bonds is 2. The van der Waals surface area contributed by atoms with E-state index < -0.39 is 0 Å². The summed E-state index contributed by atoms with van der Waals surface area (Å²) in [6, 6.07) is 8.80. The first-order valence-electron chi connectivity index (χ1n) is 6.28. The third kappa shape index (κ3) is 1.70. The monoisotopic (exact) mass is 237 g/mol. The second kappa shape index (κ2) is 4.30. The second-order valence-corrected chi connectivity index (χ2v) is 4.84. The molecule has 90 valence electrons. The van der Waals surface area contributed by atoms with E-state index in [-0.39, 0.29) is 5.92 Å². The number of imidazole rings is 1. The molecule has 0 amide bonds. The van der Waals surface area contributed by atoms with E-state index in [4.69, 9.17) is 0 Å². The zero-order valence-electron chi connectivity index (χ0n) is 10.4. The average molecular weight is 237 g/mol. The van der Waals surface area contributed by atoms with Gasteiger partial charge in [-0.15, -0.1) is 0 Å². The summed E-state index contributed by atoms with van der Waals surface area (Å²) in [5.74, 6) is 0.548. The van der Waals surface area contributed by atoms with E-state index in [0.29, 0.717) is 0 Å². The summed E-state index contributed by atoms with van der Waals surface area (Å²) in [6.07, 6.45) is 7.18. The van der Waals surface area contributed by atoms with E-state index in [1.54, 1.807) is 6.20 Å². The van der Waals surface area contributed by atoms with Crippen molar-refractivity contribution in [3.8, 4) is 6.07 Å². The number of fused-ring (bicyclic) bond motifs is 1. The fraction of sp³-hybridized carbons (Fsp3) is 0.333. The Morgan fingerprint density at radius 1 is 1.33 bits per heavy atom. The molecule has 0 radical (unpaired) electrons. The highest BCUT2D eigenvalue weighted by Gasteiger charge is 2.20. The molecular weight excluding hydrogens is 222 g/mol. The van der Waals surface area contributed by atoms with E-state index in [2.05, 4.69) is 29.3 Å². The maximum absolute atomic E-state index is 9.42. The standard InChI is InChI=1S/C15H15N3/c1-18-8-7-17-15(18)14(10-16)13-6-5-11-3-2-4-12(11)9-13/h5-9,14H,2-4H2,1H3. The Balaban J connectivity index is 2.03. The molecule has 1 unspecified atom stereocenters. The van der Waals surface area contributed by atoms with Crippen LogP contribution >= 0.6 is 0 Å². The number of hydrogen-bond donors (Lipinski definition) is 0. The molecule has 2 aromatic rings. The smallest absolute Gasteiger partial charge is 0.130 e. The predicted molar refractivity (Wildman–Crippen MR) is 69.1 cm³/mol. The molecule has 0 saturated carbocycles. The summed E-state index contributed by atoms with van der Waals surface area (Å²) in [7, 11) is 1.93. The molecule has 3 heteroatoms. The lowest BCUT2D eigenvalue weighted by atomic mass is 9.96. The highest BCUT2D eigenvalue weighted by atomic mass is 15.0. The van der Waals surface area contributed by atoms with Crippen LogP contribution in [0.25, 0.3) is 0 Å². The van der Waals surface area contributed by atoms with Crippen LogP contribution in [-0.2, 0) is 19.9 Å². The maximum Gasteiger partial charge on any atom is 0.130 e. The Hall–Kier alpha value is -2.08. The van der Waals surface area contributed by atoms with Crippen LogP contribution in [0.1, 0.15) is 34.9 Å². The maximum atomic E-state index is 9.42. The molecule has 0 aliphatic heterocycles. The van der Waals surface area contributed by atoms with Crippen molar-refractivity contribution in [2.75, 3.05) is 0 Å². The number of nitriles is 1. The number of nitrogens with zero attached hydrogens (tertiary/aromatic N) is 3. The molecule has 0 bridgehead atoms. The van der Waals surface area contributed by atoms with Gasteiger partial charge in [0, 0.05) is 19.4 Å². The van der Waals surface area contributed by atoms with Crippen LogP contribution in [-0.4, -0.2) is 9.55 Å². The minimum absolute atomic E-state index is 0.268. The van der Waals surface area contributed by atoms with Crippen molar-refractivity contribution in [2.45, 2.75) is 25.2 Å². The van der Waals surface area contributed by atoms with E-state index >= 15 is 0 Å². The van der Waals surface area contributed by atoms with Gasteiger partial charge < -0.3 is 4.57 Å². The normalized spacial score (nSPS) is 15.1. The molecule has 0 spiro atoms. The summed E-state index contributed by atoms with van der Waals surface area (Å²) in [5.41, 5.74) is 3.91. The molecule has 1 heterocycles. The molecule has 3 rings (SSSR count). The minimum Gasteiger partial charge on any atom is -0.337 e. The van der Waals surface area contributed by atoms with Crippen LogP contribution in [0.5, 0.6) is 0 Å². The molecule has 1 aliphatic rings. The van der Waals surface area contributed by atoms with Gasteiger partial charge in [-0.1, -0.05) is 18.2 Å². The van der Waals surface area contributed by atoms with E-state index in [1.807, 2.05) is 17.8 Å². The van der Waals surface area contributed by atoms with Gasteiger partial charge in [-0.3, -0.25) is 0 Å². The van der Waals surface area contributed by atoms with Crippen molar-refractivity contribution in [1.82, 2.24) is 9.55 Å². The third-order valence-electron chi connectivity index (χ3n) is 3.70. The molecule has 1 atom stereocenters. The highest BCUT2D eigenvalue weighted by Crippen LogP contribution is 2.28. The molecule has 1 aromatic heterocycles. The number of hydrogen-bond acceptors (Lipinski definition) is 2. The van der Waals surface area contributed by atoms with Gasteiger partial charge in [0.1, 0.15) is 11.7 Å². The van der Waals surface area contributed by atoms with E-state index in [0.717, 1.165) is 17.8 Å². The third-order valence-corrected chi connectivity index (χ3v) is 3.70. The van der Waals surface area contributed by atoms with Crippen molar-refractivity contribution in [3.05, 3.63) is 53.1 Å². The van der Waals surface area contributed by atoms with Gasteiger partial charge in [-0.05, 0) is 36.0 Å². The number of benzene rings is 1. The van der Waals surface area contributed by atoms with Crippen molar-refractivity contribution < 1.29 is 0 Å². The number of aryl methyl sites for hydroxylation is 3. The Morgan fingerprint density at radius 2 is 2.17 bits per heavy atom. The van der Waals surface area contributed by atoms with Gasteiger partial charge in [-0.2, -0.15) is 5.26 Å². The van der Waals surface area contributed by atoms with Crippen molar-refractivity contribution in [3.63, 3.8) is 0 Å². The van der Waals surface area contributed by atoms with Crippen LogP contribution in [0.3, 0.4) is 0 Å². The summed E-state index contributed by atoms with van der Waals surface area (Å²) in [4.78, 5) is 4.30. The quantitative estimate of drug-likeness (QED) is 0.805. The molecule has 1 aromatic carbocycles. The molecule has 18 heavy (non-hydrogen) atoms. The van der Waals surface area contributed by atoms with Gasteiger partial charge >= 0.3 is 0 Å². The summed E-state index contributed by atoms with van der Waals surface area (Å²) in [6.45, 7) is 0. The van der Waals surface area contributed by atoms with Crippen LogP contribution in [0, 0.1) is 11.3 Å². The summed E-state index contributed by atoms with van der Waals surface area (Å²) >= 11 is 0. The van der Waals surface area contributed by atoms with Gasteiger partial charge in [0.25, 0.3) is 0 Å². The van der Waals surface area contributed by atoms with Gasteiger partial charge in [0.2, 0.25) is 0 Å². The first kappa shape index (κ1) is 11.0. The lowest BCUT2D eigenvalue weighted by Crippen LogP contribution is -2.06.